The molecule has 0 aromatic rings. The Kier molecular flexibility index (Phi) is 12.1. The van der Waals surface area contributed by atoms with Gasteiger partial charge in [0.25, 0.3) is 0 Å². The number of hydrogen-bond acceptors (Lipinski definition) is 2. The van der Waals surface area contributed by atoms with E-state index in [0.717, 1.165) is 11.9 Å². The van der Waals surface area contributed by atoms with Gasteiger partial charge in [-0.15, -0.1) is 0 Å². The van der Waals surface area contributed by atoms with Crippen molar-refractivity contribution < 1.29 is 25.9 Å². The molecule has 1 aliphatic heterocycles. The van der Waals surface area contributed by atoms with E-state index in [2.05, 4.69) is 58.9 Å². The Morgan fingerprint density at radius 3 is 1.36 bits per heavy atom. The largest absolute Gasteiger partial charge is 0.405 e. The molecular formula is C17H32FeO2P2Si3. The SMILES string of the molecule is C[Si](C)(C)O[C]1[P][P][C]([Si](C)(C)C)[C]1O[Si](C)(C)C.[CH]1[CH][CH][CH][CH]1.[Fe]. The summed E-state index contributed by atoms with van der Waals surface area (Å²) in [4.78, 5) is 0. The van der Waals surface area contributed by atoms with Crippen molar-refractivity contribution in [3.8, 4) is 0 Å². The molecule has 1 heterocycles. The second kappa shape index (κ2) is 11.2. The summed E-state index contributed by atoms with van der Waals surface area (Å²) in [6.07, 6.45) is 11.1. The molecular weight excluding hydrogens is 438 g/mol. The van der Waals surface area contributed by atoms with E-state index in [1.165, 1.54) is 21.8 Å². The fraction of sp³-hybridized carbons (Fsp3) is 0.529. The molecule has 0 atom stereocenters. The maximum absolute atomic E-state index is 6.40. The summed E-state index contributed by atoms with van der Waals surface area (Å²) in [6, 6.07) is 0. The molecule has 0 N–H and O–H groups in total. The van der Waals surface area contributed by atoms with Crippen LogP contribution < -0.4 is 0 Å². The van der Waals surface area contributed by atoms with Crippen LogP contribution in [0.5, 0.6) is 0 Å². The Morgan fingerprint density at radius 1 is 0.640 bits per heavy atom. The van der Waals surface area contributed by atoms with E-state index in [4.69, 9.17) is 8.85 Å². The van der Waals surface area contributed by atoms with Gasteiger partial charge in [0.05, 0.1) is 8.07 Å². The molecule has 1 saturated carbocycles. The van der Waals surface area contributed by atoms with Crippen molar-refractivity contribution in [2.45, 2.75) is 58.9 Å². The van der Waals surface area contributed by atoms with E-state index in [-0.39, 0.29) is 17.1 Å². The summed E-state index contributed by atoms with van der Waals surface area (Å²) >= 11 is 0. The zero-order valence-corrected chi connectivity index (χ0v) is 22.8. The van der Waals surface area contributed by atoms with Crippen LogP contribution in [-0.2, 0) is 25.9 Å². The predicted octanol–water partition coefficient (Wildman–Crippen LogP) is 6.96. The second-order valence-electron chi connectivity index (χ2n) is 8.82. The first kappa shape index (κ1) is 27.0. The molecule has 2 aliphatic rings. The zero-order chi connectivity index (χ0) is 18.6. The van der Waals surface area contributed by atoms with Gasteiger partial charge in [0.1, 0.15) is 6.10 Å². The summed E-state index contributed by atoms with van der Waals surface area (Å²) in [5.41, 5.74) is 0. The number of hydrogen-bond donors (Lipinski definition) is 0. The van der Waals surface area contributed by atoms with E-state index in [1.807, 2.05) is 32.1 Å². The summed E-state index contributed by atoms with van der Waals surface area (Å²) in [6.45, 7) is 20.7. The van der Waals surface area contributed by atoms with Crippen LogP contribution in [0, 0.1) is 49.3 Å². The van der Waals surface area contributed by atoms with Crippen molar-refractivity contribution in [2.75, 3.05) is 0 Å². The Balaban J connectivity index is 0.000000820. The minimum absolute atomic E-state index is 0. The maximum atomic E-state index is 6.40. The predicted molar refractivity (Wildman–Crippen MR) is 117 cm³/mol. The summed E-state index contributed by atoms with van der Waals surface area (Å²) in [7, 11) is -1.81. The Hall–Kier alpha value is 1.95. The van der Waals surface area contributed by atoms with Crippen LogP contribution in [0.4, 0.5) is 0 Å². The quantitative estimate of drug-likeness (QED) is 0.319. The van der Waals surface area contributed by atoms with Gasteiger partial charge in [-0.1, -0.05) is 19.6 Å². The molecule has 0 bridgehead atoms. The van der Waals surface area contributed by atoms with E-state index in [9.17, 15) is 0 Å². The van der Waals surface area contributed by atoms with Gasteiger partial charge in [-0.2, -0.15) is 0 Å². The van der Waals surface area contributed by atoms with Gasteiger partial charge in [-0.05, 0) is 87.9 Å². The van der Waals surface area contributed by atoms with Crippen molar-refractivity contribution in [1.29, 1.82) is 0 Å². The topological polar surface area (TPSA) is 18.5 Å². The first-order valence-electron chi connectivity index (χ1n) is 8.38. The molecule has 8 heteroatoms. The monoisotopic (exact) mass is 470 g/mol. The Labute approximate surface area is 175 Å². The first-order chi connectivity index (χ1) is 10.8. The van der Waals surface area contributed by atoms with Crippen LogP contribution in [0.25, 0.3) is 0 Å². The fourth-order valence-electron chi connectivity index (χ4n) is 1.85. The molecule has 2 fully saturated rings. The smallest absolute Gasteiger partial charge is 0.185 e. The van der Waals surface area contributed by atoms with Crippen LogP contribution in [0.15, 0.2) is 0 Å². The molecule has 1 aliphatic carbocycles. The van der Waals surface area contributed by atoms with E-state index in [1.54, 1.807) is 0 Å². The third-order valence-electron chi connectivity index (χ3n) is 2.73. The third-order valence-corrected chi connectivity index (χ3v) is 11.5. The van der Waals surface area contributed by atoms with Gasteiger partial charge in [0, 0.05) is 22.4 Å². The second-order valence-corrected chi connectivity index (χ2v) is 25.6. The molecule has 0 unspecified atom stereocenters. The molecule has 2 rings (SSSR count). The molecule has 0 spiro atoms. The summed E-state index contributed by atoms with van der Waals surface area (Å²) < 4.78 is 12.7. The fourth-order valence-corrected chi connectivity index (χ4v) is 12.1. The first-order valence-corrected chi connectivity index (χ1v) is 21.2. The molecule has 0 amide bonds. The van der Waals surface area contributed by atoms with E-state index in [0.29, 0.717) is 0 Å². The maximum Gasteiger partial charge on any atom is 0.185 e. The van der Waals surface area contributed by atoms with Crippen LogP contribution in [-0.4, -0.2) is 24.7 Å². The molecule has 2 nitrogen and oxygen atoms in total. The van der Waals surface area contributed by atoms with Crippen molar-refractivity contribution in [3.63, 3.8) is 0 Å². The molecule has 1 saturated heterocycles. The van der Waals surface area contributed by atoms with Gasteiger partial charge in [-0.3, -0.25) is 0 Å². The normalized spacial score (nSPS) is 22.9. The van der Waals surface area contributed by atoms with Crippen molar-refractivity contribution >= 4 is 41.2 Å². The molecule has 142 valence electrons. The molecule has 25 heavy (non-hydrogen) atoms. The molecule has 10 radical (unpaired) electrons. The van der Waals surface area contributed by atoms with Crippen LogP contribution in [0.3, 0.4) is 0 Å². The number of rotatable bonds is 5. The third kappa shape index (κ3) is 11.5. The molecule has 0 aromatic heterocycles. The summed E-state index contributed by atoms with van der Waals surface area (Å²) in [5, 5.41) is 1.53. The molecule has 0 aromatic carbocycles. The van der Waals surface area contributed by atoms with Gasteiger partial charge in [0.2, 0.25) is 0 Å². The van der Waals surface area contributed by atoms with Gasteiger partial charge in [0.15, 0.2) is 22.5 Å². The Morgan fingerprint density at radius 2 is 1.04 bits per heavy atom. The summed E-state index contributed by atoms with van der Waals surface area (Å²) in [5.74, 6) is 1.11. The van der Waals surface area contributed by atoms with Gasteiger partial charge < -0.3 is 8.85 Å². The van der Waals surface area contributed by atoms with Crippen molar-refractivity contribution in [3.05, 3.63) is 49.3 Å². The standard InChI is InChI=1S/C12H27O2P2Si3.C5H5.Fe/c1-17(2,3)12-10(13-18(4,5)6)11(15-16-12)14-19(7,8)9;1-2-4-5-3-1;/h1-9H3;1-5H;. The van der Waals surface area contributed by atoms with Gasteiger partial charge in [-0.25, -0.2) is 0 Å². The Bertz CT molecular complexity index is 370. The average molecular weight is 470 g/mol. The minimum atomic E-state index is -1.59. The van der Waals surface area contributed by atoms with Crippen LogP contribution in [0.2, 0.25) is 58.9 Å². The van der Waals surface area contributed by atoms with Crippen LogP contribution >= 0.6 is 16.5 Å². The van der Waals surface area contributed by atoms with Gasteiger partial charge >= 0.3 is 0 Å². The average Bonchev–Trinajstić information content (AvgIpc) is 2.98. The van der Waals surface area contributed by atoms with Crippen molar-refractivity contribution in [1.82, 2.24) is 0 Å². The van der Waals surface area contributed by atoms with E-state index >= 15 is 0 Å². The van der Waals surface area contributed by atoms with E-state index < -0.39 is 24.7 Å². The zero-order valence-electron chi connectivity index (χ0n) is 17.0. The van der Waals surface area contributed by atoms with Crippen molar-refractivity contribution in [2.24, 2.45) is 0 Å². The minimum Gasteiger partial charge on any atom is -0.405 e. The van der Waals surface area contributed by atoms with Crippen LogP contribution in [0.1, 0.15) is 0 Å².